The van der Waals surface area contributed by atoms with Crippen molar-refractivity contribution in [2.24, 2.45) is 11.8 Å². The Bertz CT molecular complexity index is 808. The summed E-state index contributed by atoms with van der Waals surface area (Å²) in [4.78, 5) is 22.5. The predicted octanol–water partition coefficient (Wildman–Crippen LogP) is 1.48. The minimum Gasteiger partial charge on any atom is -0.369 e. The molecule has 11 heteroatoms. The summed E-state index contributed by atoms with van der Waals surface area (Å²) in [7, 11) is -1.98. The Morgan fingerprint density at radius 2 is 2.26 bits per heavy atom. The number of nitrogens with zero attached hydrogens (tertiary/aromatic N) is 3. The fraction of sp³-hybridized carbons (Fsp3) is 0.583. The fourth-order valence-corrected chi connectivity index (χ4v) is 3.28. The van der Waals surface area contributed by atoms with Gasteiger partial charge >= 0.3 is 7.23 Å². The van der Waals surface area contributed by atoms with Gasteiger partial charge in [-0.1, -0.05) is 13.8 Å². The zero-order chi connectivity index (χ0) is 16.7. The molecule has 1 saturated heterocycles. The van der Waals surface area contributed by atoms with Crippen molar-refractivity contribution in [2.75, 3.05) is 12.3 Å². The second-order valence-electron chi connectivity index (χ2n) is 5.59. The summed E-state index contributed by atoms with van der Waals surface area (Å²) >= 11 is 3.73. The van der Waals surface area contributed by atoms with Gasteiger partial charge in [0.2, 0.25) is 5.95 Å². The molecule has 0 bridgehead atoms. The number of hydrogen-bond donors (Lipinski definition) is 3. The van der Waals surface area contributed by atoms with E-state index in [1.807, 2.05) is 13.8 Å². The van der Waals surface area contributed by atoms with E-state index in [4.69, 9.17) is 15.0 Å². The van der Waals surface area contributed by atoms with Crippen LogP contribution in [0.4, 0.5) is 5.95 Å². The van der Waals surface area contributed by atoms with Gasteiger partial charge in [0.25, 0.3) is 5.56 Å². The number of anilines is 1. The molecule has 2 aromatic heterocycles. The maximum atomic E-state index is 11.9. The van der Waals surface area contributed by atoms with E-state index in [9.17, 15) is 9.36 Å². The summed E-state index contributed by atoms with van der Waals surface area (Å²) in [6.07, 6.45) is 0.913. The van der Waals surface area contributed by atoms with Crippen LogP contribution in [0.5, 0.6) is 0 Å². The molecule has 0 spiro atoms. The molecule has 9 nitrogen and oxygen atoms in total. The van der Waals surface area contributed by atoms with E-state index in [0.29, 0.717) is 5.65 Å². The molecule has 23 heavy (non-hydrogen) atoms. The van der Waals surface area contributed by atoms with Crippen LogP contribution in [0, 0.1) is 11.8 Å². The first-order valence-corrected chi connectivity index (χ1v) is 9.38. The summed E-state index contributed by atoms with van der Waals surface area (Å²) in [6.45, 7) is 4.24. The number of aromatic amines is 1. The molecule has 124 valence electrons. The quantitative estimate of drug-likeness (QED) is 0.558. The third-order valence-electron chi connectivity index (χ3n) is 4.25. The fourth-order valence-electron chi connectivity index (χ4n) is 2.80. The van der Waals surface area contributed by atoms with Crippen molar-refractivity contribution >= 4 is 36.6 Å². The van der Waals surface area contributed by atoms with Crippen molar-refractivity contribution in [3.8, 4) is 0 Å². The monoisotopic (exact) mass is 358 g/mol. The number of ether oxygens (including phenoxy) is 1. The first-order chi connectivity index (χ1) is 10.9. The number of aromatic nitrogens is 4. The van der Waals surface area contributed by atoms with Gasteiger partial charge in [-0.05, 0) is 10.5 Å². The lowest BCUT2D eigenvalue weighted by Crippen LogP contribution is -2.20. The van der Waals surface area contributed by atoms with Gasteiger partial charge in [0.15, 0.2) is 11.2 Å². The maximum absolute atomic E-state index is 11.9. The van der Waals surface area contributed by atoms with Gasteiger partial charge in [0.1, 0.15) is 25.1 Å². The smallest absolute Gasteiger partial charge is 0.369 e. The van der Waals surface area contributed by atoms with Crippen LogP contribution < -0.4 is 11.3 Å². The minimum absolute atomic E-state index is 0.0231. The molecule has 0 amide bonds. The Morgan fingerprint density at radius 1 is 1.52 bits per heavy atom. The normalized spacial score (nSPS) is 28.4. The highest BCUT2D eigenvalue weighted by Gasteiger charge is 2.42. The van der Waals surface area contributed by atoms with Gasteiger partial charge in [-0.25, -0.2) is 4.98 Å². The molecule has 3 heterocycles. The van der Waals surface area contributed by atoms with Crippen LogP contribution in [0.3, 0.4) is 0 Å². The minimum atomic E-state index is -1.98. The SMILES string of the molecule is C[C@@H]1[C@H](C)[C@@H](CO[P+](=O)S)O[C@H]1n1cnc2c(=O)[nH]c(N)nc21. The van der Waals surface area contributed by atoms with Crippen LogP contribution in [0.25, 0.3) is 11.2 Å². The number of rotatable bonds is 4. The number of thiol groups is 1. The molecular formula is C12H17N5O4PS+. The third kappa shape index (κ3) is 2.99. The lowest BCUT2D eigenvalue weighted by molar-refractivity contribution is -0.0276. The van der Waals surface area contributed by atoms with Crippen LogP contribution in [-0.4, -0.2) is 32.2 Å². The summed E-state index contributed by atoms with van der Waals surface area (Å²) in [5.41, 5.74) is 5.80. The van der Waals surface area contributed by atoms with E-state index >= 15 is 0 Å². The van der Waals surface area contributed by atoms with Crippen molar-refractivity contribution < 1.29 is 13.8 Å². The Morgan fingerprint density at radius 3 is 2.96 bits per heavy atom. The zero-order valence-corrected chi connectivity index (χ0v) is 14.3. The summed E-state index contributed by atoms with van der Waals surface area (Å²) in [5, 5.41) is 0. The summed E-state index contributed by atoms with van der Waals surface area (Å²) in [6, 6.07) is 0. The van der Waals surface area contributed by atoms with Crippen molar-refractivity contribution in [1.82, 2.24) is 19.5 Å². The molecule has 3 rings (SSSR count). The average molecular weight is 358 g/mol. The van der Waals surface area contributed by atoms with Gasteiger partial charge in [-0.2, -0.15) is 4.98 Å². The van der Waals surface area contributed by atoms with Crippen molar-refractivity contribution in [2.45, 2.75) is 26.2 Å². The molecule has 0 aliphatic carbocycles. The van der Waals surface area contributed by atoms with Gasteiger partial charge < -0.3 is 10.5 Å². The van der Waals surface area contributed by atoms with Crippen LogP contribution >= 0.6 is 19.5 Å². The number of imidazole rings is 1. The zero-order valence-electron chi connectivity index (χ0n) is 12.5. The largest absolute Gasteiger partial charge is 0.582 e. The Labute approximate surface area is 137 Å². The van der Waals surface area contributed by atoms with Crippen molar-refractivity contribution in [3.05, 3.63) is 16.7 Å². The number of fused-ring (bicyclic) bond motifs is 1. The Hall–Kier alpha value is -1.48. The van der Waals surface area contributed by atoms with Gasteiger partial charge in [-0.3, -0.25) is 14.3 Å². The number of H-pyrrole nitrogens is 1. The van der Waals surface area contributed by atoms with E-state index in [1.54, 1.807) is 4.57 Å². The molecule has 3 N–H and O–H groups in total. The maximum Gasteiger partial charge on any atom is 0.582 e. The van der Waals surface area contributed by atoms with E-state index in [0.717, 1.165) is 0 Å². The second-order valence-corrected chi connectivity index (χ2v) is 7.31. The first-order valence-electron chi connectivity index (χ1n) is 7.05. The lowest BCUT2D eigenvalue weighted by atomic mass is 9.93. The highest BCUT2D eigenvalue weighted by Crippen LogP contribution is 2.41. The molecule has 0 aromatic carbocycles. The van der Waals surface area contributed by atoms with E-state index < -0.39 is 12.8 Å². The first kappa shape index (κ1) is 16.4. The average Bonchev–Trinajstić information content (AvgIpc) is 3.00. The molecule has 1 unspecified atom stereocenters. The molecule has 0 radical (unpaired) electrons. The molecule has 1 aliphatic rings. The molecule has 1 fully saturated rings. The van der Waals surface area contributed by atoms with Gasteiger partial charge in [-0.15, -0.1) is 4.52 Å². The summed E-state index contributed by atoms with van der Waals surface area (Å²) in [5.74, 6) is 0.288. The standard InChI is InChI=1S/C12H16N5O4PS/c1-5-6(2)11(21-7(5)3-20-22(19)23)17-4-14-8-9(17)15-12(13)16-10(8)18/h4-7,11H,3H2,1-2H3,(H3-,13,15,16,18,19,23)/p+1/t5-,6+,7+,11+/m0/s1. The van der Waals surface area contributed by atoms with Crippen LogP contribution in [0.15, 0.2) is 11.1 Å². The van der Waals surface area contributed by atoms with Gasteiger partial charge in [0, 0.05) is 5.92 Å². The summed E-state index contributed by atoms with van der Waals surface area (Å²) < 4.78 is 23.8. The molecular weight excluding hydrogens is 341 g/mol. The van der Waals surface area contributed by atoms with Gasteiger partial charge in [0.05, 0.1) is 12.4 Å². The molecule has 2 aromatic rings. The van der Waals surface area contributed by atoms with Crippen LogP contribution in [0.2, 0.25) is 0 Å². The third-order valence-corrected chi connectivity index (χ3v) is 4.97. The van der Waals surface area contributed by atoms with E-state index in [-0.39, 0.29) is 42.2 Å². The van der Waals surface area contributed by atoms with Crippen LogP contribution in [-0.2, 0) is 13.8 Å². The Balaban J connectivity index is 1.93. The molecule has 0 saturated carbocycles. The number of hydrogen-bond acceptors (Lipinski definition) is 7. The molecule has 1 aliphatic heterocycles. The van der Waals surface area contributed by atoms with Crippen molar-refractivity contribution in [3.63, 3.8) is 0 Å². The predicted molar refractivity (Wildman–Crippen MR) is 87.3 cm³/mol. The number of nitrogens with two attached hydrogens (primary N) is 1. The van der Waals surface area contributed by atoms with Crippen LogP contribution in [0.1, 0.15) is 20.1 Å². The lowest BCUT2D eigenvalue weighted by Gasteiger charge is -2.17. The van der Waals surface area contributed by atoms with Crippen molar-refractivity contribution in [1.29, 1.82) is 0 Å². The van der Waals surface area contributed by atoms with E-state index in [1.165, 1.54) is 6.33 Å². The Kier molecular flexibility index (Phi) is 4.41. The highest BCUT2D eigenvalue weighted by atomic mass is 32.7. The van der Waals surface area contributed by atoms with E-state index in [2.05, 4.69) is 27.2 Å². The highest BCUT2D eigenvalue weighted by molar-refractivity contribution is 8.39. The topological polar surface area (TPSA) is 125 Å². The second kappa shape index (κ2) is 6.20. The number of nitrogens with one attached hydrogen (secondary N) is 1. The molecule has 5 atom stereocenters. The number of nitrogen functional groups attached to an aromatic ring is 1.